The summed E-state index contributed by atoms with van der Waals surface area (Å²) in [7, 11) is -1.25. The normalized spacial score (nSPS) is 22.8. The van der Waals surface area contributed by atoms with E-state index in [1.54, 1.807) is 18.0 Å². The minimum Gasteiger partial charge on any atom is -0.391 e. The molecule has 0 radical (unpaired) electrons. The van der Waals surface area contributed by atoms with Crippen LogP contribution in [0.3, 0.4) is 0 Å². The van der Waals surface area contributed by atoms with Crippen molar-refractivity contribution in [2.75, 3.05) is 12.8 Å². The number of benzene rings is 1. The number of β-amino-alcohol motifs (C(OH)–C–C–N with tert-alkyl or cyclic N) is 1. The number of amides is 1. The molecule has 4 unspecified atom stereocenters. The van der Waals surface area contributed by atoms with Crippen molar-refractivity contribution >= 4 is 16.7 Å². The summed E-state index contributed by atoms with van der Waals surface area (Å²) < 4.78 is 11.7. The molecule has 0 bridgehead atoms. The second-order valence-electron chi connectivity index (χ2n) is 6.93. The lowest BCUT2D eigenvalue weighted by atomic mass is 9.99. The second kappa shape index (κ2) is 7.72. The summed E-state index contributed by atoms with van der Waals surface area (Å²) in [4.78, 5) is 22.2. The van der Waals surface area contributed by atoms with Gasteiger partial charge in [0.2, 0.25) is 5.91 Å². The van der Waals surface area contributed by atoms with Crippen molar-refractivity contribution in [3.05, 3.63) is 41.9 Å². The van der Waals surface area contributed by atoms with Crippen LogP contribution in [0.5, 0.6) is 0 Å². The van der Waals surface area contributed by atoms with E-state index < -0.39 is 22.2 Å². The molecule has 0 saturated carbocycles. The summed E-state index contributed by atoms with van der Waals surface area (Å²) in [6.07, 6.45) is 3.98. The van der Waals surface area contributed by atoms with Crippen molar-refractivity contribution in [1.82, 2.24) is 14.9 Å². The Morgan fingerprint density at radius 1 is 1.35 bits per heavy atom. The Balaban J connectivity index is 1.87. The average molecular weight is 375 g/mol. The summed E-state index contributed by atoms with van der Waals surface area (Å²) in [5, 5.41) is 9.42. The molecule has 3 rings (SSSR count). The third kappa shape index (κ3) is 3.88. The van der Waals surface area contributed by atoms with Gasteiger partial charge in [0, 0.05) is 23.6 Å². The van der Waals surface area contributed by atoms with Crippen molar-refractivity contribution in [3.63, 3.8) is 0 Å². The van der Waals surface area contributed by atoms with Crippen LogP contribution in [0.1, 0.15) is 37.2 Å². The molecule has 1 saturated heterocycles. The first-order valence-corrected chi connectivity index (χ1v) is 10.4. The smallest absolute Gasteiger partial charge is 0.238 e. The van der Waals surface area contributed by atoms with Crippen LogP contribution in [-0.4, -0.2) is 54.2 Å². The number of carbonyl (C=O) groups excluding carboxylic acids is 1. The number of carbonyl (C=O) groups is 1. The van der Waals surface area contributed by atoms with E-state index in [4.69, 9.17) is 0 Å². The molecule has 1 amide bonds. The van der Waals surface area contributed by atoms with Gasteiger partial charge in [-0.2, -0.15) is 0 Å². The van der Waals surface area contributed by atoms with Crippen molar-refractivity contribution in [2.24, 2.45) is 0 Å². The molecule has 1 aliphatic rings. The molecule has 1 fully saturated rings. The van der Waals surface area contributed by atoms with Gasteiger partial charge in [0.15, 0.2) is 0 Å². The lowest BCUT2D eigenvalue weighted by molar-refractivity contribution is -0.137. The topological polar surface area (TPSA) is 86.3 Å². The lowest BCUT2D eigenvalue weighted by Gasteiger charge is -2.38. The maximum Gasteiger partial charge on any atom is 0.238 e. The molecule has 6 nitrogen and oxygen atoms in total. The number of aliphatic hydroxyl groups excluding tert-OH is 1. The van der Waals surface area contributed by atoms with Crippen LogP contribution in [0.25, 0.3) is 11.3 Å². The molecule has 26 heavy (non-hydrogen) atoms. The summed E-state index contributed by atoms with van der Waals surface area (Å²) in [6, 6.07) is 7.91. The van der Waals surface area contributed by atoms with Crippen LogP contribution in [0.2, 0.25) is 0 Å². The Morgan fingerprint density at radius 2 is 2.04 bits per heavy atom. The fourth-order valence-corrected chi connectivity index (χ4v) is 3.66. The fourth-order valence-electron chi connectivity index (χ4n) is 3.24. The first-order valence-electron chi connectivity index (χ1n) is 8.79. The Hall–Kier alpha value is -1.99. The number of H-pyrrole nitrogens is 1. The quantitative estimate of drug-likeness (QED) is 0.858. The molecule has 140 valence electrons. The van der Waals surface area contributed by atoms with Crippen molar-refractivity contribution < 1.29 is 14.1 Å². The van der Waals surface area contributed by atoms with E-state index in [0.29, 0.717) is 18.7 Å². The molecule has 2 heterocycles. The molecule has 1 aromatic heterocycles. The number of nitrogens with one attached hydrogen (secondary N) is 1. The molecule has 0 spiro atoms. The van der Waals surface area contributed by atoms with Crippen molar-refractivity contribution in [3.8, 4) is 11.3 Å². The third-order valence-corrected chi connectivity index (χ3v) is 6.16. The standard InChI is InChI=1S/C19H25N3O3S/c1-12-4-6-14(7-5-12)16-10-20-18(21-16)17-9-8-15(23)11-22(17)19(24)13(2)26(3)25/h4-7,10,13,15,17,23H,8-9,11H2,1-3H3,(H,20,21). The van der Waals surface area contributed by atoms with Crippen LogP contribution in [0.4, 0.5) is 0 Å². The Bertz CT molecular complexity index is 803. The number of aromatic nitrogens is 2. The van der Waals surface area contributed by atoms with Gasteiger partial charge in [-0.05, 0) is 32.3 Å². The van der Waals surface area contributed by atoms with Gasteiger partial charge in [0.25, 0.3) is 0 Å². The molecular formula is C19H25N3O3S. The SMILES string of the molecule is Cc1ccc(-c2cnc(C3CCC(O)CN3C(=O)C(C)S(C)=O)[nH]2)cc1. The summed E-state index contributed by atoms with van der Waals surface area (Å²) in [5.74, 6) is 0.498. The highest BCUT2D eigenvalue weighted by molar-refractivity contribution is 7.85. The van der Waals surface area contributed by atoms with E-state index in [-0.39, 0.29) is 18.5 Å². The summed E-state index contributed by atoms with van der Waals surface area (Å²) in [5.41, 5.74) is 3.12. The van der Waals surface area contributed by atoms with E-state index in [2.05, 4.69) is 9.97 Å². The number of aromatic amines is 1. The van der Waals surface area contributed by atoms with E-state index >= 15 is 0 Å². The van der Waals surface area contributed by atoms with Crippen LogP contribution in [0, 0.1) is 6.92 Å². The highest BCUT2D eigenvalue weighted by Gasteiger charge is 2.36. The zero-order valence-electron chi connectivity index (χ0n) is 15.3. The molecule has 7 heteroatoms. The number of imidazole rings is 1. The number of hydrogen-bond donors (Lipinski definition) is 2. The number of nitrogens with zero attached hydrogens (tertiary/aromatic N) is 2. The highest BCUT2D eigenvalue weighted by Crippen LogP contribution is 2.31. The molecule has 0 aliphatic carbocycles. The molecule has 4 atom stereocenters. The highest BCUT2D eigenvalue weighted by atomic mass is 32.2. The van der Waals surface area contributed by atoms with Gasteiger partial charge >= 0.3 is 0 Å². The number of hydrogen-bond acceptors (Lipinski definition) is 4. The van der Waals surface area contributed by atoms with E-state index in [9.17, 15) is 14.1 Å². The average Bonchev–Trinajstić information content (AvgIpc) is 3.10. The van der Waals surface area contributed by atoms with Crippen molar-refractivity contribution in [1.29, 1.82) is 0 Å². The van der Waals surface area contributed by atoms with Crippen LogP contribution < -0.4 is 0 Å². The van der Waals surface area contributed by atoms with Gasteiger partial charge in [-0.3, -0.25) is 9.00 Å². The van der Waals surface area contributed by atoms with Gasteiger partial charge in [0.05, 0.1) is 24.0 Å². The fraction of sp³-hybridized carbons (Fsp3) is 0.474. The Morgan fingerprint density at radius 3 is 2.69 bits per heavy atom. The predicted octanol–water partition coefficient (Wildman–Crippen LogP) is 2.18. The van der Waals surface area contributed by atoms with Gasteiger partial charge in [-0.1, -0.05) is 29.8 Å². The van der Waals surface area contributed by atoms with Crippen LogP contribution in [-0.2, 0) is 15.6 Å². The number of rotatable bonds is 4. The second-order valence-corrected chi connectivity index (χ2v) is 8.63. The zero-order valence-corrected chi connectivity index (χ0v) is 16.1. The van der Waals surface area contributed by atoms with Gasteiger partial charge in [0.1, 0.15) is 11.1 Å². The third-order valence-electron chi connectivity index (χ3n) is 4.96. The monoisotopic (exact) mass is 375 g/mol. The molecule has 1 aliphatic heterocycles. The van der Waals surface area contributed by atoms with Crippen molar-refractivity contribution in [2.45, 2.75) is 44.1 Å². The van der Waals surface area contributed by atoms with E-state index in [0.717, 1.165) is 11.3 Å². The molecule has 1 aromatic carbocycles. The van der Waals surface area contributed by atoms with Gasteiger partial charge in [-0.25, -0.2) is 4.98 Å². The molecular weight excluding hydrogens is 350 g/mol. The Kier molecular flexibility index (Phi) is 5.58. The number of aryl methyl sites for hydroxylation is 1. The van der Waals surface area contributed by atoms with Crippen LogP contribution >= 0.6 is 0 Å². The Labute approximate surface area is 156 Å². The van der Waals surface area contributed by atoms with E-state index in [1.165, 1.54) is 11.8 Å². The molecule has 2 N–H and O–H groups in total. The van der Waals surface area contributed by atoms with Gasteiger partial charge in [-0.15, -0.1) is 0 Å². The number of likely N-dealkylation sites (tertiary alicyclic amines) is 1. The minimum atomic E-state index is -1.25. The zero-order chi connectivity index (χ0) is 18.8. The maximum atomic E-state index is 12.8. The largest absolute Gasteiger partial charge is 0.391 e. The van der Waals surface area contributed by atoms with E-state index in [1.807, 2.05) is 31.2 Å². The number of piperidine rings is 1. The first-order chi connectivity index (χ1) is 12.4. The predicted molar refractivity (Wildman–Crippen MR) is 102 cm³/mol. The first kappa shape index (κ1) is 18.8. The molecule has 2 aromatic rings. The summed E-state index contributed by atoms with van der Waals surface area (Å²) >= 11 is 0. The lowest BCUT2D eigenvalue weighted by Crippen LogP contribution is -2.48. The number of aliphatic hydroxyl groups is 1. The van der Waals surface area contributed by atoms with Crippen LogP contribution in [0.15, 0.2) is 30.5 Å². The summed E-state index contributed by atoms with van der Waals surface area (Å²) in [6.45, 7) is 3.94. The minimum absolute atomic E-state index is 0.206. The maximum absolute atomic E-state index is 12.8. The van der Waals surface area contributed by atoms with Gasteiger partial charge < -0.3 is 15.0 Å².